The molecule has 0 bridgehead atoms. The summed E-state index contributed by atoms with van der Waals surface area (Å²) >= 11 is 1.19. The van der Waals surface area contributed by atoms with Crippen LogP contribution in [0.2, 0.25) is 0 Å². The molecule has 0 fully saturated rings. The van der Waals surface area contributed by atoms with Gasteiger partial charge in [-0.2, -0.15) is 0 Å². The van der Waals surface area contributed by atoms with Crippen molar-refractivity contribution in [3.05, 3.63) is 41.7 Å². The lowest BCUT2D eigenvalue weighted by Gasteiger charge is -2.07. The number of amides is 1. The number of nitrogens with zero attached hydrogens (tertiary/aromatic N) is 3. The Labute approximate surface area is 142 Å². The van der Waals surface area contributed by atoms with Crippen LogP contribution in [0.5, 0.6) is 0 Å². The number of hydrogen-bond acceptors (Lipinski definition) is 7. The number of benzene rings is 1. The van der Waals surface area contributed by atoms with Crippen LogP contribution < -0.4 is 5.32 Å². The molecule has 7 nitrogen and oxygen atoms in total. The van der Waals surface area contributed by atoms with Crippen molar-refractivity contribution >= 4 is 23.5 Å². The van der Waals surface area contributed by atoms with Gasteiger partial charge < -0.3 is 14.3 Å². The second-order valence-corrected chi connectivity index (χ2v) is 6.55. The number of aromatic nitrogens is 3. The van der Waals surface area contributed by atoms with Crippen LogP contribution in [0.1, 0.15) is 18.2 Å². The van der Waals surface area contributed by atoms with Crippen LogP contribution in [0.3, 0.4) is 0 Å². The molecule has 8 heteroatoms. The van der Waals surface area contributed by atoms with Crippen molar-refractivity contribution in [3.63, 3.8) is 0 Å². The quantitative estimate of drug-likeness (QED) is 0.708. The molecule has 1 aromatic carbocycles. The van der Waals surface area contributed by atoms with Gasteiger partial charge in [0.25, 0.3) is 5.22 Å². The molecule has 3 aromatic rings. The molecular weight excluding hydrogens is 328 g/mol. The molecule has 2 aromatic heterocycles. The van der Waals surface area contributed by atoms with E-state index >= 15 is 0 Å². The van der Waals surface area contributed by atoms with Crippen LogP contribution in [0.25, 0.3) is 11.5 Å². The van der Waals surface area contributed by atoms with Gasteiger partial charge in [-0.1, -0.05) is 35.1 Å². The first-order valence-electron chi connectivity index (χ1n) is 7.33. The molecule has 0 aliphatic heterocycles. The Bertz CT molecular complexity index is 858. The van der Waals surface area contributed by atoms with Crippen molar-refractivity contribution in [1.82, 2.24) is 15.4 Å². The third-order valence-corrected chi connectivity index (χ3v) is 4.24. The Hall–Kier alpha value is -2.61. The number of aryl methyl sites for hydroxylation is 2. The van der Waals surface area contributed by atoms with Crippen molar-refractivity contribution in [3.8, 4) is 11.5 Å². The summed E-state index contributed by atoms with van der Waals surface area (Å²) in [5.41, 5.74) is 1.93. The van der Waals surface area contributed by atoms with Crippen LogP contribution in [0.15, 0.2) is 44.5 Å². The largest absolute Gasteiger partial charge is 0.411 e. The van der Waals surface area contributed by atoms with E-state index in [4.69, 9.17) is 8.94 Å². The highest BCUT2D eigenvalue weighted by Gasteiger charge is 2.20. The second kappa shape index (κ2) is 6.88. The number of carbonyl (C=O) groups is 1. The Balaban J connectivity index is 1.66. The third kappa shape index (κ3) is 3.65. The number of carbonyl (C=O) groups excluding carboxylic acids is 1. The molecular formula is C16H16N4O3S. The Morgan fingerprint density at radius 2 is 2.04 bits per heavy atom. The van der Waals surface area contributed by atoms with E-state index in [1.54, 1.807) is 19.9 Å². The molecule has 24 heavy (non-hydrogen) atoms. The molecule has 1 atom stereocenters. The molecule has 0 unspecified atom stereocenters. The van der Waals surface area contributed by atoms with Gasteiger partial charge in [0.15, 0.2) is 5.82 Å². The molecule has 0 spiro atoms. The van der Waals surface area contributed by atoms with Crippen molar-refractivity contribution < 1.29 is 13.7 Å². The summed E-state index contributed by atoms with van der Waals surface area (Å²) in [7, 11) is 0. The minimum atomic E-state index is -0.424. The van der Waals surface area contributed by atoms with E-state index < -0.39 is 5.25 Å². The van der Waals surface area contributed by atoms with Crippen LogP contribution in [0.4, 0.5) is 5.82 Å². The second-order valence-electron chi connectivity index (χ2n) is 5.26. The fourth-order valence-corrected chi connectivity index (χ4v) is 2.72. The highest BCUT2D eigenvalue weighted by Crippen LogP contribution is 2.28. The molecule has 3 rings (SSSR count). The zero-order valence-electron chi connectivity index (χ0n) is 13.4. The van der Waals surface area contributed by atoms with Crippen molar-refractivity contribution in [2.24, 2.45) is 0 Å². The summed E-state index contributed by atoms with van der Waals surface area (Å²) in [6.45, 7) is 5.49. The average molecular weight is 344 g/mol. The minimum absolute atomic E-state index is 0.219. The highest BCUT2D eigenvalue weighted by atomic mass is 32.2. The first-order valence-corrected chi connectivity index (χ1v) is 8.21. The normalized spacial score (nSPS) is 12.1. The number of rotatable bonds is 5. The Morgan fingerprint density at radius 3 is 2.75 bits per heavy atom. The lowest BCUT2D eigenvalue weighted by atomic mass is 10.1. The lowest BCUT2D eigenvalue weighted by molar-refractivity contribution is -0.115. The fourth-order valence-electron chi connectivity index (χ4n) is 2.04. The highest BCUT2D eigenvalue weighted by molar-refractivity contribution is 8.00. The van der Waals surface area contributed by atoms with Gasteiger partial charge in [-0.25, -0.2) is 0 Å². The van der Waals surface area contributed by atoms with Crippen molar-refractivity contribution in [2.45, 2.75) is 31.2 Å². The van der Waals surface area contributed by atoms with E-state index in [9.17, 15) is 4.79 Å². The fraction of sp³-hybridized carbons (Fsp3) is 0.250. The molecule has 1 N–H and O–H groups in total. The summed E-state index contributed by atoms with van der Waals surface area (Å²) in [4.78, 5) is 12.2. The van der Waals surface area contributed by atoms with E-state index in [1.807, 2.05) is 31.2 Å². The van der Waals surface area contributed by atoms with Gasteiger partial charge in [0.2, 0.25) is 11.8 Å². The number of anilines is 1. The molecule has 0 aliphatic carbocycles. The molecule has 2 heterocycles. The van der Waals surface area contributed by atoms with Gasteiger partial charge in [-0.05, 0) is 32.4 Å². The first-order chi connectivity index (χ1) is 11.5. The summed E-state index contributed by atoms with van der Waals surface area (Å²) in [5, 5.41) is 14.4. The van der Waals surface area contributed by atoms with Crippen LogP contribution in [0, 0.1) is 13.8 Å². The average Bonchev–Trinajstić information content (AvgIpc) is 3.17. The van der Waals surface area contributed by atoms with Crippen molar-refractivity contribution in [1.29, 1.82) is 0 Å². The Morgan fingerprint density at radius 1 is 1.25 bits per heavy atom. The third-order valence-electron chi connectivity index (χ3n) is 3.31. The maximum atomic E-state index is 12.2. The predicted molar refractivity (Wildman–Crippen MR) is 89.7 cm³/mol. The molecule has 0 radical (unpaired) electrons. The zero-order valence-corrected chi connectivity index (χ0v) is 14.3. The molecule has 124 valence electrons. The molecule has 1 amide bonds. The van der Waals surface area contributed by atoms with Crippen LogP contribution in [-0.4, -0.2) is 26.5 Å². The predicted octanol–water partition coefficient (Wildman–Crippen LogP) is 3.46. The van der Waals surface area contributed by atoms with Gasteiger partial charge in [-0.15, -0.1) is 10.2 Å². The molecule has 0 saturated heterocycles. The van der Waals surface area contributed by atoms with Crippen LogP contribution in [-0.2, 0) is 4.79 Å². The van der Waals surface area contributed by atoms with Gasteiger partial charge >= 0.3 is 0 Å². The number of nitrogens with one attached hydrogen (secondary N) is 1. The maximum Gasteiger partial charge on any atom is 0.277 e. The molecule has 0 aliphatic rings. The SMILES string of the molecule is Cc1cc(NC(=O)[C@@H](C)Sc2nnc(-c3ccccc3C)o2)no1. The van der Waals surface area contributed by atoms with Gasteiger partial charge in [-0.3, -0.25) is 4.79 Å². The monoisotopic (exact) mass is 344 g/mol. The summed E-state index contributed by atoms with van der Waals surface area (Å²) in [6, 6.07) is 9.40. The maximum absolute atomic E-state index is 12.2. The zero-order chi connectivity index (χ0) is 17.1. The van der Waals surface area contributed by atoms with Crippen LogP contribution >= 0.6 is 11.8 Å². The van der Waals surface area contributed by atoms with E-state index in [2.05, 4.69) is 20.7 Å². The van der Waals surface area contributed by atoms with E-state index in [0.29, 0.717) is 22.7 Å². The lowest BCUT2D eigenvalue weighted by Crippen LogP contribution is -2.22. The smallest absolute Gasteiger partial charge is 0.277 e. The van der Waals surface area contributed by atoms with E-state index in [0.717, 1.165) is 11.1 Å². The van der Waals surface area contributed by atoms with Crippen molar-refractivity contribution in [2.75, 3.05) is 5.32 Å². The van der Waals surface area contributed by atoms with Gasteiger partial charge in [0, 0.05) is 11.6 Å². The van der Waals surface area contributed by atoms with E-state index in [-0.39, 0.29) is 5.91 Å². The topological polar surface area (TPSA) is 94.1 Å². The Kier molecular flexibility index (Phi) is 4.66. The minimum Gasteiger partial charge on any atom is -0.411 e. The number of thioether (sulfide) groups is 1. The first kappa shape index (κ1) is 16.3. The summed E-state index contributed by atoms with van der Waals surface area (Å²) in [6.07, 6.45) is 0. The molecule has 0 saturated carbocycles. The van der Waals surface area contributed by atoms with E-state index in [1.165, 1.54) is 11.8 Å². The van der Waals surface area contributed by atoms with Gasteiger partial charge in [0.1, 0.15) is 5.76 Å². The summed E-state index contributed by atoms with van der Waals surface area (Å²) in [5.74, 6) is 1.24. The summed E-state index contributed by atoms with van der Waals surface area (Å²) < 4.78 is 10.6. The number of hydrogen-bond donors (Lipinski definition) is 1. The standard InChI is InChI=1S/C16H16N4O3S/c1-9-6-4-5-7-12(9)15-18-19-16(22-15)24-11(3)14(21)17-13-8-10(2)23-20-13/h4-8,11H,1-3H3,(H,17,20,21)/t11-/m1/s1. The van der Waals surface area contributed by atoms with Gasteiger partial charge in [0.05, 0.1) is 5.25 Å².